The van der Waals surface area contributed by atoms with E-state index in [0.29, 0.717) is 27.8 Å². The summed E-state index contributed by atoms with van der Waals surface area (Å²) in [6.45, 7) is 1.95. The van der Waals surface area contributed by atoms with Crippen LogP contribution in [-0.4, -0.2) is 17.1 Å². The Morgan fingerprint density at radius 3 is 2.39 bits per heavy atom. The number of rotatable bonds is 5. The third-order valence-corrected chi connectivity index (χ3v) is 6.82. The Labute approximate surface area is 201 Å². The van der Waals surface area contributed by atoms with Gasteiger partial charge in [-0.1, -0.05) is 77.5 Å². The van der Waals surface area contributed by atoms with Crippen molar-refractivity contribution in [1.82, 2.24) is 0 Å². The molecule has 0 aromatic heterocycles. The fourth-order valence-electron chi connectivity index (χ4n) is 3.49. The molecule has 0 bridgehead atoms. The minimum absolute atomic E-state index is 0.112. The van der Waals surface area contributed by atoms with Crippen LogP contribution in [0.1, 0.15) is 11.1 Å². The van der Waals surface area contributed by atoms with Gasteiger partial charge in [-0.3, -0.25) is 14.5 Å². The average Bonchev–Trinajstić information content (AvgIpc) is 3.12. The van der Waals surface area contributed by atoms with Crippen LogP contribution < -0.4 is 10.2 Å². The van der Waals surface area contributed by atoms with E-state index in [4.69, 9.17) is 11.6 Å². The quantitative estimate of drug-likeness (QED) is 0.380. The fraction of sp³-hybridized carbons (Fsp3) is 0.115. The summed E-state index contributed by atoms with van der Waals surface area (Å²) < 4.78 is 0. The third kappa shape index (κ3) is 4.95. The molecule has 0 radical (unpaired) electrons. The molecule has 33 heavy (non-hydrogen) atoms. The minimum Gasteiger partial charge on any atom is -0.321 e. The molecule has 0 aliphatic carbocycles. The number of nitrogens with zero attached hydrogens (tertiary/aromatic N) is 2. The number of carbonyl (C=O) groups is 2. The minimum atomic E-state index is -0.561. The van der Waals surface area contributed by atoms with Gasteiger partial charge in [-0.05, 0) is 49.2 Å². The summed E-state index contributed by atoms with van der Waals surface area (Å²) in [7, 11) is 0. The van der Waals surface area contributed by atoms with Gasteiger partial charge in [-0.2, -0.15) is 5.26 Å². The molecule has 3 aromatic rings. The van der Waals surface area contributed by atoms with Gasteiger partial charge in [0, 0.05) is 16.4 Å². The van der Waals surface area contributed by atoms with Crippen LogP contribution in [0.15, 0.2) is 89.5 Å². The van der Waals surface area contributed by atoms with Gasteiger partial charge in [0.25, 0.3) is 5.91 Å². The summed E-state index contributed by atoms with van der Waals surface area (Å²) in [5.74, 6) is -0.756. The molecule has 1 atom stereocenters. The number of thioether (sulfide) groups is 1. The molecule has 1 saturated heterocycles. The van der Waals surface area contributed by atoms with Crippen LogP contribution in [-0.2, 0) is 16.0 Å². The van der Waals surface area contributed by atoms with E-state index >= 15 is 0 Å². The summed E-state index contributed by atoms with van der Waals surface area (Å²) >= 11 is 7.54. The number of anilines is 2. The molecule has 1 fully saturated rings. The van der Waals surface area contributed by atoms with Crippen LogP contribution in [0.25, 0.3) is 0 Å². The molecule has 5 nitrogen and oxygen atoms in total. The highest BCUT2D eigenvalue weighted by molar-refractivity contribution is 8.05. The second kappa shape index (κ2) is 9.95. The van der Waals surface area contributed by atoms with Crippen molar-refractivity contribution in [1.29, 1.82) is 5.26 Å². The number of nitriles is 1. The highest BCUT2D eigenvalue weighted by Crippen LogP contribution is 2.42. The Morgan fingerprint density at radius 1 is 1.06 bits per heavy atom. The number of carbonyl (C=O) groups excluding carboxylic acids is 2. The largest absolute Gasteiger partial charge is 0.321 e. The van der Waals surface area contributed by atoms with E-state index in [1.807, 2.05) is 61.5 Å². The number of aryl methyl sites for hydroxylation is 1. The summed E-state index contributed by atoms with van der Waals surface area (Å²) in [5, 5.41) is 13.0. The first-order chi connectivity index (χ1) is 16.0. The zero-order chi connectivity index (χ0) is 23.4. The van der Waals surface area contributed by atoms with E-state index in [0.717, 1.165) is 11.1 Å². The van der Waals surface area contributed by atoms with E-state index < -0.39 is 11.2 Å². The summed E-state index contributed by atoms with van der Waals surface area (Å²) in [6.07, 6.45) is 0.383. The highest BCUT2D eigenvalue weighted by atomic mass is 35.5. The third-order valence-electron chi connectivity index (χ3n) is 5.19. The lowest BCUT2D eigenvalue weighted by molar-refractivity contribution is -0.117. The standard InChI is InChI=1S/C26H20ClN3O2S/c1-17-11-13-20(14-12-17)30-25(32)23(15-18-7-5-6-10-22(18)27)33-26(30)21(16-28)24(31)29-19-8-3-2-4-9-19/h2-14,23H,15H2,1H3,(H,29,31)/b26-21-/t23-/m0/s1. The van der Waals surface area contributed by atoms with Gasteiger partial charge >= 0.3 is 0 Å². The number of hydrogen-bond donors (Lipinski definition) is 1. The SMILES string of the molecule is Cc1ccc(N2C(=O)[C@H](Cc3ccccc3Cl)S/C2=C(/C#N)C(=O)Nc2ccccc2)cc1. The van der Waals surface area contributed by atoms with E-state index in [-0.39, 0.29) is 11.5 Å². The lowest BCUT2D eigenvalue weighted by atomic mass is 10.1. The zero-order valence-corrected chi connectivity index (χ0v) is 19.4. The molecule has 164 valence electrons. The number of para-hydroxylation sites is 1. The first-order valence-corrected chi connectivity index (χ1v) is 11.5. The number of hydrogen-bond acceptors (Lipinski definition) is 4. The average molecular weight is 474 g/mol. The van der Waals surface area contributed by atoms with E-state index in [1.165, 1.54) is 16.7 Å². The topological polar surface area (TPSA) is 73.2 Å². The van der Waals surface area contributed by atoms with E-state index in [1.54, 1.807) is 30.3 Å². The smallest absolute Gasteiger partial charge is 0.269 e. The van der Waals surface area contributed by atoms with Crippen molar-refractivity contribution >= 4 is 46.6 Å². The Bertz CT molecular complexity index is 1270. The zero-order valence-electron chi connectivity index (χ0n) is 17.8. The van der Waals surface area contributed by atoms with Gasteiger partial charge in [0.1, 0.15) is 16.7 Å². The summed E-state index contributed by atoms with van der Waals surface area (Å²) in [5.41, 5.74) is 2.94. The number of nitrogens with one attached hydrogen (secondary N) is 1. The fourth-order valence-corrected chi connectivity index (χ4v) is 5.00. The van der Waals surface area contributed by atoms with Crippen LogP contribution in [0.4, 0.5) is 11.4 Å². The molecule has 1 N–H and O–H groups in total. The summed E-state index contributed by atoms with van der Waals surface area (Å²) in [6, 6.07) is 25.7. The van der Waals surface area contributed by atoms with Gasteiger partial charge in [-0.25, -0.2) is 0 Å². The Morgan fingerprint density at radius 2 is 1.73 bits per heavy atom. The van der Waals surface area contributed by atoms with Crippen molar-refractivity contribution in [2.24, 2.45) is 0 Å². The predicted octanol–water partition coefficient (Wildman–Crippen LogP) is 5.71. The summed E-state index contributed by atoms with van der Waals surface area (Å²) in [4.78, 5) is 28.0. The van der Waals surface area contributed by atoms with Gasteiger partial charge < -0.3 is 5.32 Å². The number of amides is 2. The normalized spacial score (nSPS) is 16.9. The molecule has 0 saturated carbocycles. The molecular weight excluding hydrogens is 454 g/mol. The maximum absolute atomic E-state index is 13.5. The molecule has 0 unspecified atom stereocenters. The molecule has 3 aromatic carbocycles. The molecule has 0 spiro atoms. The lowest BCUT2D eigenvalue weighted by Gasteiger charge is -2.19. The monoisotopic (exact) mass is 473 g/mol. The van der Waals surface area contributed by atoms with Crippen molar-refractivity contribution in [2.45, 2.75) is 18.6 Å². The van der Waals surface area contributed by atoms with Crippen molar-refractivity contribution in [2.75, 3.05) is 10.2 Å². The maximum Gasteiger partial charge on any atom is 0.269 e. The Kier molecular flexibility index (Phi) is 6.83. The second-order valence-electron chi connectivity index (χ2n) is 7.52. The molecule has 1 aliphatic heterocycles. The number of benzene rings is 3. The lowest BCUT2D eigenvalue weighted by Crippen LogP contribution is -2.31. The van der Waals surface area contributed by atoms with E-state index in [2.05, 4.69) is 5.32 Å². The van der Waals surface area contributed by atoms with Crippen LogP contribution in [0, 0.1) is 18.3 Å². The van der Waals surface area contributed by atoms with Crippen molar-refractivity contribution in [3.05, 3.63) is 106 Å². The van der Waals surface area contributed by atoms with Crippen LogP contribution in [0.5, 0.6) is 0 Å². The molecule has 1 heterocycles. The van der Waals surface area contributed by atoms with Gasteiger partial charge in [0.15, 0.2) is 0 Å². The van der Waals surface area contributed by atoms with Gasteiger partial charge in [0.05, 0.1) is 5.25 Å². The molecule has 4 rings (SSSR count). The van der Waals surface area contributed by atoms with Crippen molar-refractivity contribution in [3.63, 3.8) is 0 Å². The highest BCUT2D eigenvalue weighted by Gasteiger charge is 2.41. The van der Waals surface area contributed by atoms with Crippen molar-refractivity contribution < 1.29 is 9.59 Å². The van der Waals surface area contributed by atoms with Crippen LogP contribution in [0.3, 0.4) is 0 Å². The number of halogens is 1. The Balaban J connectivity index is 1.74. The van der Waals surface area contributed by atoms with Crippen LogP contribution in [0.2, 0.25) is 5.02 Å². The predicted molar refractivity (Wildman–Crippen MR) is 133 cm³/mol. The Hall–Kier alpha value is -3.53. The molecular formula is C26H20ClN3O2S. The van der Waals surface area contributed by atoms with Gasteiger partial charge in [-0.15, -0.1) is 0 Å². The van der Waals surface area contributed by atoms with Gasteiger partial charge in [0.2, 0.25) is 5.91 Å². The van der Waals surface area contributed by atoms with Crippen molar-refractivity contribution in [3.8, 4) is 6.07 Å². The second-order valence-corrected chi connectivity index (χ2v) is 9.12. The molecule has 1 aliphatic rings. The maximum atomic E-state index is 13.5. The first kappa shape index (κ1) is 22.7. The van der Waals surface area contributed by atoms with Crippen LogP contribution >= 0.6 is 23.4 Å². The first-order valence-electron chi connectivity index (χ1n) is 10.3. The van der Waals surface area contributed by atoms with E-state index in [9.17, 15) is 14.9 Å². The molecule has 2 amide bonds. The molecule has 7 heteroatoms.